The van der Waals surface area contributed by atoms with E-state index in [1.807, 2.05) is 19.2 Å². The second-order valence-electron chi connectivity index (χ2n) is 5.72. The van der Waals surface area contributed by atoms with Crippen LogP contribution in [0.3, 0.4) is 0 Å². The minimum atomic E-state index is 0.0210. The molecule has 0 amide bonds. The van der Waals surface area contributed by atoms with E-state index >= 15 is 0 Å². The van der Waals surface area contributed by atoms with E-state index in [0.29, 0.717) is 12.0 Å². The maximum atomic E-state index is 6.10. The topological polar surface area (TPSA) is 42.2 Å². The van der Waals surface area contributed by atoms with Gasteiger partial charge in [0.25, 0.3) is 0 Å². The Morgan fingerprint density at radius 1 is 1.21 bits per heavy atom. The highest BCUT2D eigenvalue weighted by atomic mass is 15.2. The first-order chi connectivity index (χ1) is 9.01. The first-order valence-corrected chi connectivity index (χ1v) is 7.48. The molecule has 0 saturated carbocycles. The normalized spacial score (nSPS) is 13.1. The molecule has 0 radical (unpaired) electrons. The molecule has 3 heteroatoms. The zero-order valence-electron chi connectivity index (χ0n) is 13.1. The number of nitrogens with zero attached hydrogens (tertiary/aromatic N) is 2. The molecule has 0 aromatic carbocycles. The Morgan fingerprint density at radius 3 is 2.32 bits per heavy atom. The second kappa shape index (κ2) is 7.49. The first-order valence-electron chi connectivity index (χ1n) is 7.48. The smallest absolute Gasteiger partial charge is 0.133 e. The second-order valence-corrected chi connectivity index (χ2v) is 5.72. The molecule has 0 spiro atoms. The highest BCUT2D eigenvalue weighted by molar-refractivity contribution is 5.49. The van der Waals surface area contributed by atoms with Crippen LogP contribution in [0.1, 0.15) is 59.1 Å². The number of nitrogens with two attached hydrogens (primary N) is 1. The van der Waals surface area contributed by atoms with Crippen molar-refractivity contribution in [3.63, 3.8) is 0 Å². The quantitative estimate of drug-likeness (QED) is 0.814. The Balaban J connectivity index is 3.16. The summed E-state index contributed by atoms with van der Waals surface area (Å²) in [5.41, 5.74) is 7.25. The largest absolute Gasteiger partial charge is 0.353 e. The summed E-state index contributed by atoms with van der Waals surface area (Å²) in [7, 11) is 0. The van der Waals surface area contributed by atoms with E-state index in [4.69, 9.17) is 5.73 Å². The van der Waals surface area contributed by atoms with Crippen molar-refractivity contribution in [2.45, 2.75) is 59.5 Å². The summed E-state index contributed by atoms with van der Waals surface area (Å²) in [6.45, 7) is 12.1. The van der Waals surface area contributed by atoms with Gasteiger partial charge in [0.2, 0.25) is 0 Å². The van der Waals surface area contributed by atoms with Crippen LogP contribution in [0.2, 0.25) is 0 Å². The standard InChI is InChI=1S/C16H29N3/c1-6-14(7-2)19(11-12(3)4)16-15(13(5)17)9-8-10-18-16/h8-10,12-14H,6-7,11,17H2,1-5H3/t13-/m0/s1. The van der Waals surface area contributed by atoms with Gasteiger partial charge in [-0.3, -0.25) is 0 Å². The van der Waals surface area contributed by atoms with Gasteiger partial charge >= 0.3 is 0 Å². The van der Waals surface area contributed by atoms with Gasteiger partial charge in [0.05, 0.1) is 0 Å². The molecular weight excluding hydrogens is 234 g/mol. The SMILES string of the molecule is CCC(CC)N(CC(C)C)c1ncccc1[C@H](C)N. The van der Waals surface area contributed by atoms with Gasteiger partial charge in [0, 0.05) is 30.4 Å². The number of rotatable bonds is 7. The molecule has 108 valence electrons. The summed E-state index contributed by atoms with van der Waals surface area (Å²) in [5, 5.41) is 0. The molecule has 1 rings (SSSR count). The molecule has 1 heterocycles. The van der Waals surface area contributed by atoms with Gasteiger partial charge in [-0.2, -0.15) is 0 Å². The molecule has 3 nitrogen and oxygen atoms in total. The first kappa shape index (κ1) is 16.0. The van der Waals surface area contributed by atoms with Gasteiger partial charge in [-0.05, 0) is 31.7 Å². The predicted molar refractivity (Wildman–Crippen MR) is 83.4 cm³/mol. The van der Waals surface area contributed by atoms with Crippen molar-refractivity contribution in [1.29, 1.82) is 0 Å². The van der Waals surface area contributed by atoms with Crippen LogP contribution in [-0.4, -0.2) is 17.6 Å². The van der Waals surface area contributed by atoms with Gasteiger partial charge in [0.1, 0.15) is 5.82 Å². The van der Waals surface area contributed by atoms with E-state index in [1.165, 1.54) is 0 Å². The van der Waals surface area contributed by atoms with Crippen molar-refractivity contribution in [3.8, 4) is 0 Å². The number of aromatic nitrogens is 1. The monoisotopic (exact) mass is 263 g/mol. The number of hydrogen-bond donors (Lipinski definition) is 1. The molecule has 0 aliphatic heterocycles. The van der Waals surface area contributed by atoms with Crippen molar-refractivity contribution in [2.75, 3.05) is 11.4 Å². The molecule has 0 aliphatic rings. The van der Waals surface area contributed by atoms with Crippen molar-refractivity contribution >= 4 is 5.82 Å². The Labute approximate surface area is 118 Å². The van der Waals surface area contributed by atoms with E-state index in [0.717, 1.165) is 30.8 Å². The van der Waals surface area contributed by atoms with E-state index in [9.17, 15) is 0 Å². The molecule has 19 heavy (non-hydrogen) atoms. The van der Waals surface area contributed by atoms with Crippen molar-refractivity contribution in [3.05, 3.63) is 23.9 Å². The molecule has 0 aliphatic carbocycles. The summed E-state index contributed by atoms with van der Waals surface area (Å²) in [5.74, 6) is 1.68. The Hall–Kier alpha value is -1.09. The van der Waals surface area contributed by atoms with Crippen LogP contribution in [0, 0.1) is 5.92 Å². The van der Waals surface area contributed by atoms with Gasteiger partial charge in [0.15, 0.2) is 0 Å². The van der Waals surface area contributed by atoms with E-state index in [1.54, 1.807) is 0 Å². The van der Waals surface area contributed by atoms with Crippen LogP contribution in [0.4, 0.5) is 5.82 Å². The van der Waals surface area contributed by atoms with Gasteiger partial charge in [-0.15, -0.1) is 0 Å². The minimum Gasteiger partial charge on any atom is -0.353 e. The number of pyridine rings is 1. The van der Waals surface area contributed by atoms with Crippen molar-refractivity contribution in [1.82, 2.24) is 4.98 Å². The predicted octanol–water partition coefficient (Wildman–Crippen LogP) is 3.75. The molecule has 2 N–H and O–H groups in total. The fourth-order valence-corrected chi connectivity index (χ4v) is 2.54. The Kier molecular flexibility index (Phi) is 6.29. The molecule has 0 fully saturated rings. The maximum absolute atomic E-state index is 6.10. The lowest BCUT2D eigenvalue weighted by Gasteiger charge is -2.35. The lowest BCUT2D eigenvalue weighted by molar-refractivity contribution is 0.500. The van der Waals surface area contributed by atoms with Crippen LogP contribution >= 0.6 is 0 Å². The van der Waals surface area contributed by atoms with Crippen molar-refractivity contribution in [2.24, 2.45) is 11.7 Å². The van der Waals surface area contributed by atoms with Crippen LogP contribution in [0.5, 0.6) is 0 Å². The van der Waals surface area contributed by atoms with Crippen LogP contribution in [0.25, 0.3) is 0 Å². The fraction of sp³-hybridized carbons (Fsp3) is 0.688. The Morgan fingerprint density at radius 2 is 1.84 bits per heavy atom. The summed E-state index contributed by atoms with van der Waals surface area (Å²) < 4.78 is 0. The summed E-state index contributed by atoms with van der Waals surface area (Å²) in [4.78, 5) is 7.06. The molecule has 1 aromatic heterocycles. The van der Waals surface area contributed by atoms with E-state index in [-0.39, 0.29) is 6.04 Å². The van der Waals surface area contributed by atoms with Gasteiger partial charge < -0.3 is 10.6 Å². The van der Waals surface area contributed by atoms with Crippen LogP contribution in [-0.2, 0) is 0 Å². The zero-order valence-corrected chi connectivity index (χ0v) is 13.1. The summed E-state index contributed by atoms with van der Waals surface area (Å²) in [6.07, 6.45) is 4.15. The average Bonchev–Trinajstić information content (AvgIpc) is 2.38. The van der Waals surface area contributed by atoms with E-state index in [2.05, 4.69) is 43.6 Å². The molecule has 0 unspecified atom stereocenters. The van der Waals surface area contributed by atoms with E-state index < -0.39 is 0 Å². The van der Waals surface area contributed by atoms with Crippen LogP contribution < -0.4 is 10.6 Å². The lowest BCUT2D eigenvalue weighted by Crippen LogP contribution is -2.39. The third-order valence-corrected chi connectivity index (χ3v) is 3.52. The molecule has 0 saturated heterocycles. The lowest BCUT2D eigenvalue weighted by atomic mass is 10.0. The van der Waals surface area contributed by atoms with Gasteiger partial charge in [-0.1, -0.05) is 33.8 Å². The highest BCUT2D eigenvalue weighted by Crippen LogP contribution is 2.26. The average molecular weight is 263 g/mol. The van der Waals surface area contributed by atoms with Crippen molar-refractivity contribution < 1.29 is 0 Å². The van der Waals surface area contributed by atoms with Crippen LogP contribution in [0.15, 0.2) is 18.3 Å². The maximum Gasteiger partial charge on any atom is 0.133 e. The Bertz CT molecular complexity index is 370. The highest BCUT2D eigenvalue weighted by Gasteiger charge is 2.21. The third kappa shape index (κ3) is 4.20. The number of hydrogen-bond acceptors (Lipinski definition) is 3. The molecule has 1 atom stereocenters. The summed E-state index contributed by atoms with van der Waals surface area (Å²) >= 11 is 0. The zero-order chi connectivity index (χ0) is 14.4. The number of anilines is 1. The molecular formula is C16H29N3. The molecule has 1 aromatic rings. The fourth-order valence-electron chi connectivity index (χ4n) is 2.54. The minimum absolute atomic E-state index is 0.0210. The molecule has 0 bridgehead atoms. The van der Waals surface area contributed by atoms with Gasteiger partial charge in [-0.25, -0.2) is 4.98 Å². The third-order valence-electron chi connectivity index (χ3n) is 3.52. The summed E-state index contributed by atoms with van der Waals surface area (Å²) in [6, 6.07) is 4.63.